The summed E-state index contributed by atoms with van der Waals surface area (Å²) in [5, 5.41) is 5.95. The second-order valence-electron chi connectivity index (χ2n) is 9.35. The van der Waals surface area contributed by atoms with E-state index in [0.29, 0.717) is 32.4 Å². The maximum Gasteiger partial charge on any atom is 0.224 e. The van der Waals surface area contributed by atoms with Crippen molar-refractivity contribution >= 4 is 17.5 Å². The number of nitrogens with zero attached hydrogens (tertiary/aromatic N) is 1. The topological polar surface area (TPSA) is 70.7 Å². The average molecular weight is 450 g/mol. The monoisotopic (exact) mass is 449 g/mol. The van der Waals surface area contributed by atoms with Gasteiger partial charge in [-0.05, 0) is 73.0 Å². The highest BCUT2D eigenvalue weighted by Crippen LogP contribution is 2.27. The van der Waals surface area contributed by atoms with Crippen LogP contribution in [0.2, 0.25) is 0 Å². The van der Waals surface area contributed by atoms with E-state index in [0.717, 1.165) is 49.0 Å². The molecule has 4 rings (SSSR count). The fourth-order valence-corrected chi connectivity index (χ4v) is 4.71. The molecule has 2 aliphatic rings. The molecule has 2 aromatic carbocycles. The van der Waals surface area contributed by atoms with Gasteiger partial charge in [-0.2, -0.15) is 0 Å². The lowest BCUT2D eigenvalue weighted by Gasteiger charge is -2.31. The molecule has 1 saturated heterocycles. The summed E-state index contributed by atoms with van der Waals surface area (Å²) in [5.41, 5.74) is 4.47. The number of aryl methyl sites for hydroxylation is 1. The summed E-state index contributed by atoms with van der Waals surface area (Å²) in [6.07, 6.45) is 4.93. The van der Waals surface area contributed by atoms with Gasteiger partial charge in [0.2, 0.25) is 11.8 Å². The minimum absolute atomic E-state index is 0.0492. The van der Waals surface area contributed by atoms with Crippen LogP contribution >= 0.6 is 0 Å². The molecule has 2 aliphatic heterocycles. The van der Waals surface area contributed by atoms with Crippen LogP contribution in [0.3, 0.4) is 0 Å². The van der Waals surface area contributed by atoms with E-state index in [1.54, 1.807) is 0 Å². The highest BCUT2D eigenvalue weighted by atomic mass is 16.5. The quantitative estimate of drug-likeness (QED) is 0.561. The summed E-state index contributed by atoms with van der Waals surface area (Å²) in [6, 6.07) is 14.2. The number of anilines is 1. The van der Waals surface area contributed by atoms with Gasteiger partial charge >= 0.3 is 0 Å². The predicted molar refractivity (Wildman–Crippen MR) is 130 cm³/mol. The van der Waals surface area contributed by atoms with Crippen LogP contribution in [0.15, 0.2) is 42.5 Å². The number of benzene rings is 2. The number of carbonyl (C=O) groups excluding carboxylic acids is 2. The predicted octanol–water partition coefficient (Wildman–Crippen LogP) is 4.28. The van der Waals surface area contributed by atoms with Crippen LogP contribution in [0, 0.1) is 5.92 Å². The number of piperidine rings is 1. The third-order valence-corrected chi connectivity index (χ3v) is 6.52. The van der Waals surface area contributed by atoms with E-state index in [1.165, 1.54) is 24.0 Å². The van der Waals surface area contributed by atoms with Crippen molar-refractivity contribution in [3.05, 3.63) is 59.2 Å². The maximum atomic E-state index is 12.4. The Bertz CT molecular complexity index is 975. The van der Waals surface area contributed by atoms with Crippen LogP contribution in [0.4, 0.5) is 5.69 Å². The van der Waals surface area contributed by atoms with E-state index in [9.17, 15) is 9.59 Å². The lowest BCUT2D eigenvalue weighted by atomic mass is 9.99. The number of hydrogen-bond donors (Lipinski definition) is 2. The molecule has 0 aliphatic carbocycles. The Morgan fingerprint density at radius 1 is 1.18 bits per heavy atom. The Hall–Kier alpha value is -2.86. The van der Waals surface area contributed by atoms with Crippen molar-refractivity contribution in [3.8, 4) is 5.75 Å². The van der Waals surface area contributed by atoms with Crippen LogP contribution in [0.5, 0.6) is 5.75 Å². The van der Waals surface area contributed by atoms with Crippen LogP contribution < -0.4 is 15.4 Å². The Labute approximate surface area is 196 Å². The molecule has 2 amide bonds. The fraction of sp³-hybridized carbons (Fsp3) is 0.481. The summed E-state index contributed by atoms with van der Waals surface area (Å²) in [7, 11) is 0. The van der Waals surface area contributed by atoms with E-state index in [4.69, 9.17) is 4.74 Å². The van der Waals surface area contributed by atoms with Crippen molar-refractivity contribution in [2.24, 2.45) is 5.92 Å². The molecule has 2 heterocycles. The zero-order chi connectivity index (χ0) is 23.0. The number of nitrogens with one attached hydrogen (secondary N) is 2. The van der Waals surface area contributed by atoms with Crippen LogP contribution in [-0.2, 0) is 29.1 Å². The SMILES string of the molecule is CC1CCCN(Cc2ccccc2CNC(=O)CCCOc2ccc3c(c2)CCC(=O)N3)C1. The summed E-state index contributed by atoms with van der Waals surface area (Å²) >= 11 is 0. The molecule has 0 spiro atoms. The zero-order valence-electron chi connectivity index (χ0n) is 19.6. The van der Waals surface area contributed by atoms with Crippen LogP contribution in [-0.4, -0.2) is 36.4 Å². The second kappa shape index (κ2) is 11.3. The Morgan fingerprint density at radius 3 is 2.88 bits per heavy atom. The number of fused-ring (bicyclic) bond motifs is 1. The van der Waals surface area contributed by atoms with Gasteiger partial charge in [-0.1, -0.05) is 31.2 Å². The third kappa shape index (κ3) is 6.81. The van der Waals surface area contributed by atoms with Crippen molar-refractivity contribution < 1.29 is 14.3 Å². The Kier molecular flexibility index (Phi) is 8.00. The molecule has 1 atom stereocenters. The van der Waals surface area contributed by atoms with E-state index in [-0.39, 0.29) is 11.8 Å². The van der Waals surface area contributed by atoms with Crippen LogP contribution in [0.25, 0.3) is 0 Å². The van der Waals surface area contributed by atoms with Crippen molar-refractivity contribution in [3.63, 3.8) is 0 Å². The first kappa shape index (κ1) is 23.3. The first-order chi connectivity index (χ1) is 16.1. The molecule has 0 bridgehead atoms. The molecule has 0 saturated carbocycles. The molecule has 1 fully saturated rings. The lowest BCUT2D eigenvalue weighted by molar-refractivity contribution is -0.121. The summed E-state index contributed by atoms with van der Waals surface area (Å²) < 4.78 is 5.83. The first-order valence-electron chi connectivity index (χ1n) is 12.2. The highest BCUT2D eigenvalue weighted by Gasteiger charge is 2.18. The summed E-state index contributed by atoms with van der Waals surface area (Å²) in [5.74, 6) is 1.65. The molecule has 1 unspecified atom stereocenters. The van der Waals surface area contributed by atoms with E-state index < -0.39 is 0 Å². The number of ether oxygens (including phenoxy) is 1. The Balaban J connectivity index is 1.18. The Morgan fingerprint density at radius 2 is 2.03 bits per heavy atom. The molecular weight excluding hydrogens is 414 g/mol. The molecule has 2 aromatic rings. The van der Waals surface area contributed by atoms with Crippen LogP contribution in [0.1, 0.15) is 55.7 Å². The number of likely N-dealkylation sites (tertiary alicyclic amines) is 1. The van der Waals surface area contributed by atoms with Crippen molar-refractivity contribution in [2.45, 2.75) is 58.5 Å². The number of carbonyl (C=O) groups is 2. The zero-order valence-corrected chi connectivity index (χ0v) is 19.6. The molecule has 0 radical (unpaired) electrons. The molecule has 2 N–H and O–H groups in total. The van der Waals surface area contributed by atoms with E-state index in [1.807, 2.05) is 24.3 Å². The van der Waals surface area contributed by atoms with Gasteiger partial charge in [-0.15, -0.1) is 0 Å². The van der Waals surface area contributed by atoms with Gasteiger partial charge in [0.1, 0.15) is 5.75 Å². The molecule has 33 heavy (non-hydrogen) atoms. The van der Waals surface area contributed by atoms with Gasteiger partial charge in [-0.25, -0.2) is 0 Å². The molecule has 6 nitrogen and oxygen atoms in total. The van der Waals surface area contributed by atoms with Gasteiger partial charge in [0.05, 0.1) is 6.61 Å². The maximum absolute atomic E-state index is 12.4. The minimum atomic E-state index is 0.0492. The summed E-state index contributed by atoms with van der Waals surface area (Å²) in [6.45, 7) is 6.64. The van der Waals surface area contributed by atoms with Gasteiger partial charge < -0.3 is 15.4 Å². The van der Waals surface area contributed by atoms with E-state index >= 15 is 0 Å². The highest BCUT2D eigenvalue weighted by molar-refractivity contribution is 5.94. The third-order valence-electron chi connectivity index (χ3n) is 6.52. The fourth-order valence-electron chi connectivity index (χ4n) is 4.71. The second-order valence-corrected chi connectivity index (χ2v) is 9.35. The summed E-state index contributed by atoms with van der Waals surface area (Å²) in [4.78, 5) is 26.4. The molecule has 0 aromatic heterocycles. The van der Waals surface area contributed by atoms with Gasteiger partial charge in [0, 0.05) is 38.2 Å². The van der Waals surface area contributed by atoms with Gasteiger partial charge in [0.15, 0.2) is 0 Å². The smallest absolute Gasteiger partial charge is 0.224 e. The standard InChI is InChI=1S/C27H35N3O3/c1-20-6-4-14-30(18-20)19-23-8-3-2-7-22(23)17-28-26(31)9-5-15-33-24-11-12-25-21(16-24)10-13-27(32)29-25/h2-3,7-8,11-12,16,20H,4-6,9-10,13-15,17-19H2,1H3,(H,28,31)(H,29,32). The molecule has 176 valence electrons. The number of hydrogen-bond acceptors (Lipinski definition) is 4. The molecule has 6 heteroatoms. The average Bonchev–Trinajstić information content (AvgIpc) is 2.81. The first-order valence-corrected chi connectivity index (χ1v) is 12.2. The van der Waals surface area contributed by atoms with Crippen molar-refractivity contribution in [1.82, 2.24) is 10.2 Å². The van der Waals surface area contributed by atoms with Crippen molar-refractivity contribution in [2.75, 3.05) is 25.0 Å². The molecular formula is C27H35N3O3. The van der Waals surface area contributed by atoms with Gasteiger partial charge in [-0.3, -0.25) is 14.5 Å². The lowest BCUT2D eigenvalue weighted by Crippen LogP contribution is -2.34. The minimum Gasteiger partial charge on any atom is -0.494 e. The van der Waals surface area contributed by atoms with Gasteiger partial charge in [0.25, 0.3) is 0 Å². The largest absolute Gasteiger partial charge is 0.494 e. The normalized spacial score (nSPS) is 18.3. The van der Waals surface area contributed by atoms with Crippen molar-refractivity contribution in [1.29, 1.82) is 0 Å². The van der Waals surface area contributed by atoms with E-state index in [2.05, 4.69) is 40.7 Å². The number of rotatable bonds is 9. The number of amides is 2.